The van der Waals surface area contributed by atoms with E-state index in [2.05, 4.69) is 25.4 Å². The lowest BCUT2D eigenvalue weighted by Crippen LogP contribution is -2.27. The average molecular weight is 477 g/mol. The molecule has 11 heteroatoms. The van der Waals surface area contributed by atoms with E-state index in [0.29, 0.717) is 41.6 Å². The van der Waals surface area contributed by atoms with E-state index in [9.17, 15) is 18.3 Å². The van der Waals surface area contributed by atoms with E-state index >= 15 is 0 Å². The first-order valence-electron chi connectivity index (χ1n) is 10.7. The molecule has 0 aliphatic carbocycles. The van der Waals surface area contributed by atoms with Crippen LogP contribution in [0.1, 0.15) is 29.8 Å². The Hall–Kier alpha value is -3.18. The van der Waals surface area contributed by atoms with Crippen LogP contribution in [0.5, 0.6) is 5.75 Å². The van der Waals surface area contributed by atoms with E-state index in [-0.39, 0.29) is 17.8 Å². The van der Waals surface area contributed by atoms with Crippen molar-refractivity contribution >= 4 is 22.4 Å². The molecule has 34 heavy (non-hydrogen) atoms. The summed E-state index contributed by atoms with van der Waals surface area (Å²) in [5.41, 5.74) is 1.44. The maximum atomic E-state index is 13.2. The minimum atomic E-state index is -4.57. The number of pyridine rings is 1. The molecular weight excluding hydrogens is 451 g/mol. The van der Waals surface area contributed by atoms with Gasteiger partial charge in [-0.2, -0.15) is 18.3 Å². The number of phenolic OH excluding ortho intramolecular Hbond substituents is 1. The third-order valence-electron chi connectivity index (χ3n) is 6.08. The number of nitrogens with one attached hydrogen (secondary N) is 1. The highest BCUT2D eigenvalue weighted by Crippen LogP contribution is 2.35. The Labute approximate surface area is 194 Å². The lowest BCUT2D eigenvalue weighted by molar-refractivity contribution is -0.137. The third-order valence-corrected chi connectivity index (χ3v) is 6.08. The smallest absolute Gasteiger partial charge is 0.416 e. The number of benzene rings is 1. The molecule has 3 atom stereocenters. The number of aryl methyl sites for hydroxylation is 1. The predicted molar refractivity (Wildman–Crippen MR) is 121 cm³/mol. The lowest BCUT2D eigenvalue weighted by Gasteiger charge is -2.20. The van der Waals surface area contributed by atoms with Gasteiger partial charge < -0.3 is 24.8 Å². The molecule has 0 radical (unpaired) electrons. The van der Waals surface area contributed by atoms with Crippen LogP contribution in [-0.4, -0.2) is 59.8 Å². The molecule has 0 bridgehead atoms. The first kappa shape index (κ1) is 24.0. The van der Waals surface area contributed by atoms with Crippen molar-refractivity contribution in [1.82, 2.24) is 15.2 Å². The second-order valence-corrected chi connectivity index (χ2v) is 8.35. The number of halogens is 3. The van der Waals surface area contributed by atoms with E-state index in [1.807, 2.05) is 6.07 Å². The summed E-state index contributed by atoms with van der Waals surface area (Å²) in [6.45, 7) is 4.73. The van der Waals surface area contributed by atoms with Gasteiger partial charge in [-0.15, -0.1) is 5.10 Å². The molecule has 1 saturated heterocycles. The molecule has 1 fully saturated rings. The van der Waals surface area contributed by atoms with Crippen molar-refractivity contribution in [3.63, 3.8) is 0 Å². The number of phenols is 1. The summed E-state index contributed by atoms with van der Waals surface area (Å²) in [6, 6.07) is 4.32. The first-order chi connectivity index (χ1) is 16.1. The minimum absolute atomic E-state index is 0.0794. The molecule has 2 aromatic heterocycles. The van der Waals surface area contributed by atoms with Gasteiger partial charge in [0, 0.05) is 32.7 Å². The normalized spacial score (nSPS) is 19.6. The molecular formula is C23H26F3N5O3. The van der Waals surface area contributed by atoms with Gasteiger partial charge in [-0.3, -0.25) is 4.98 Å². The van der Waals surface area contributed by atoms with Gasteiger partial charge in [-0.1, -0.05) is 0 Å². The van der Waals surface area contributed by atoms with Crippen LogP contribution >= 0.6 is 0 Å². The Bertz CT molecular complexity index is 1180. The van der Waals surface area contributed by atoms with Gasteiger partial charge in [0.15, 0.2) is 5.82 Å². The summed E-state index contributed by atoms with van der Waals surface area (Å²) in [7, 11) is 3.29. The average Bonchev–Trinajstić information content (AvgIpc) is 3.23. The van der Waals surface area contributed by atoms with Crippen LogP contribution < -0.4 is 10.2 Å². The standard InChI is InChI=1S/C23H26F3N5O3/c1-12(14-5-15(23(24,25)26)7-17(32)6-14)28-22-18-8-16(9-27-21(18)13(2)29-30-22)31-10-19(33-3)20(11-31)34-4/h5-9,12,19-20,32H,10-11H2,1-4H3,(H,28,30)/t12-,19-,20+/m1/s1. The molecule has 182 valence electrons. The summed E-state index contributed by atoms with van der Waals surface area (Å²) in [5.74, 6) is -0.0816. The number of fused-ring (bicyclic) bond motifs is 1. The Kier molecular flexibility index (Phi) is 6.50. The van der Waals surface area contributed by atoms with Crippen LogP contribution in [0.2, 0.25) is 0 Å². The van der Waals surface area contributed by atoms with Crippen LogP contribution in [0.25, 0.3) is 10.9 Å². The number of hydrogen-bond donors (Lipinski definition) is 2. The number of methoxy groups -OCH3 is 2. The van der Waals surface area contributed by atoms with Crippen molar-refractivity contribution in [1.29, 1.82) is 0 Å². The van der Waals surface area contributed by atoms with Crippen molar-refractivity contribution in [2.75, 3.05) is 37.5 Å². The molecule has 3 aromatic rings. The highest BCUT2D eigenvalue weighted by Gasteiger charge is 2.34. The number of alkyl halides is 3. The Balaban J connectivity index is 1.68. The van der Waals surface area contributed by atoms with Crippen molar-refractivity contribution in [3.05, 3.63) is 47.3 Å². The Morgan fingerprint density at radius 3 is 2.38 bits per heavy atom. The number of aromatic nitrogens is 3. The first-order valence-corrected chi connectivity index (χ1v) is 10.7. The number of nitrogens with zero attached hydrogens (tertiary/aromatic N) is 4. The SMILES string of the molecule is CO[C@H]1CN(c2cnc3c(C)nnc(N[C@H](C)c4cc(O)cc(C(F)(F)F)c4)c3c2)C[C@H]1OC. The monoisotopic (exact) mass is 477 g/mol. The number of hydrogen-bond acceptors (Lipinski definition) is 8. The largest absolute Gasteiger partial charge is 0.508 e. The summed E-state index contributed by atoms with van der Waals surface area (Å²) in [6.07, 6.45) is -2.98. The van der Waals surface area contributed by atoms with Gasteiger partial charge in [0.25, 0.3) is 0 Å². The summed E-state index contributed by atoms with van der Waals surface area (Å²) in [4.78, 5) is 6.67. The van der Waals surface area contributed by atoms with E-state index < -0.39 is 23.5 Å². The molecule has 1 aromatic carbocycles. The van der Waals surface area contributed by atoms with Gasteiger partial charge >= 0.3 is 6.18 Å². The zero-order valence-corrected chi connectivity index (χ0v) is 19.2. The fourth-order valence-electron chi connectivity index (χ4n) is 4.17. The number of aromatic hydroxyl groups is 1. The quantitative estimate of drug-likeness (QED) is 0.549. The Morgan fingerprint density at radius 2 is 1.76 bits per heavy atom. The Morgan fingerprint density at radius 1 is 1.09 bits per heavy atom. The molecule has 8 nitrogen and oxygen atoms in total. The van der Waals surface area contributed by atoms with E-state index in [0.717, 1.165) is 11.8 Å². The third kappa shape index (κ3) is 4.71. The molecule has 0 saturated carbocycles. The fourth-order valence-corrected chi connectivity index (χ4v) is 4.17. The fraction of sp³-hybridized carbons (Fsp3) is 0.435. The molecule has 1 aliphatic rings. The molecule has 0 amide bonds. The maximum Gasteiger partial charge on any atom is 0.416 e. The lowest BCUT2D eigenvalue weighted by atomic mass is 10.0. The number of rotatable bonds is 6. The second kappa shape index (κ2) is 9.22. The minimum Gasteiger partial charge on any atom is -0.508 e. The number of anilines is 2. The summed E-state index contributed by atoms with van der Waals surface area (Å²) >= 11 is 0. The highest BCUT2D eigenvalue weighted by atomic mass is 19.4. The van der Waals surface area contributed by atoms with Crippen LogP contribution in [0.3, 0.4) is 0 Å². The topological polar surface area (TPSA) is 92.6 Å². The van der Waals surface area contributed by atoms with Crippen LogP contribution in [0.15, 0.2) is 30.5 Å². The zero-order valence-electron chi connectivity index (χ0n) is 19.2. The molecule has 1 aliphatic heterocycles. The van der Waals surface area contributed by atoms with Crippen molar-refractivity contribution in [2.24, 2.45) is 0 Å². The predicted octanol–water partition coefficient (Wildman–Crippen LogP) is 4.08. The summed E-state index contributed by atoms with van der Waals surface area (Å²) in [5, 5.41) is 22.0. The maximum absolute atomic E-state index is 13.2. The van der Waals surface area contributed by atoms with Gasteiger partial charge in [-0.25, -0.2) is 0 Å². The number of ether oxygens (including phenoxy) is 2. The zero-order chi connectivity index (χ0) is 24.6. The molecule has 2 N–H and O–H groups in total. The van der Waals surface area contributed by atoms with Gasteiger partial charge in [0.1, 0.15) is 18.0 Å². The van der Waals surface area contributed by atoms with Crippen molar-refractivity contribution in [2.45, 2.75) is 38.3 Å². The van der Waals surface area contributed by atoms with Crippen LogP contribution in [-0.2, 0) is 15.7 Å². The highest BCUT2D eigenvalue weighted by molar-refractivity contribution is 5.92. The van der Waals surface area contributed by atoms with Gasteiger partial charge in [-0.05, 0) is 43.7 Å². The van der Waals surface area contributed by atoms with Crippen molar-refractivity contribution < 1.29 is 27.8 Å². The van der Waals surface area contributed by atoms with E-state index in [1.54, 1.807) is 34.3 Å². The van der Waals surface area contributed by atoms with E-state index in [1.165, 1.54) is 6.07 Å². The molecule has 3 heterocycles. The van der Waals surface area contributed by atoms with Gasteiger partial charge in [0.05, 0.1) is 34.7 Å². The summed E-state index contributed by atoms with van der Waals surface area (Å²) < 4.78 is 50.7. The van der Waals surface area contributed by atoms with Crippen LogP contribution in [0, 0.1) is 6.92 Å². The molecule has 0 spiro atoms. The van der Waals surface area contributed by atoms with E-state index in [4.69, 9.17) is 9.47 Å². The molecule has 0 unspecified atom stereocenters. The molecule has 4 rings (SSSR count). The van der Waals surface area contributed by atoms with Crippen LogP contribution in [0.4, 0.5) is 24.7 Å². The second-order valence-electron chi connectivity index (χ2n) is 8.35. The van der Waals surface area contributed by atoms with Crippen molar-refractivity contribution in [3.8, 4) is 5.75 Å². The van der Waals surface area contributed by atoms with Gasteiger partial charge in [0.2, 0.25) is 0 Å².